The Labute approximate surface area is 101 Å². The maximum Gasteiger partial charge on any atom is 0.244 e. The highest BCUT2D eigenvalue weighted by molar-refractivity contribution is 9.10. The minimum Gasteiger partial charge on any atom is -0.395 e. The van der Waals surface area contributed by atoms with Crippen molar-refractivity contribution in [1.82, 2.24) is 5.32 Å². The van der Waals surface area contributed by atoms with E-state index in [0.717, 1.165) is 4.47 Å². The van der Waals surface area contributed by atoms with Gasteiger partial charge < -0.3 is 10.4 Å². The quantitative estimate of drug-likeness (QED) is 0.829. The van der Waals surface area contributed by atoms with Gasteiger partial charge in [0.2, 0.25) is 5.91 Å². The van der Waals surface area contributed by atoms with Gasteiger partial charge in [-0.3, -0.25) is 4.79 Å². The highest BCUT2D eigenvalue weighted by Crippen LogP contribution is 2.16. The number of halogens is 2. The van der Waals surface area contributed by atoms with Crippen LogP contribution in [-0.4, -0.2) is 24.2 Å². The molecular formula is C11H11BrFNO2. The standard InChI is InChI=1S/C11H11BrFNO2/c12-9-2-3-10(13)8(7-9)1-4-11(16)14-5-6-15/h1-4,7,15H,5-6H2,(H,14,16)/b4-1+. The van der Waals surface area contributed by atoms with Crippen LogP contribution >= 0.6 is 15.9 Å². The van der Waals surface area contributed by atoms with Crippen LogP contribution < -0.4 is 5.32 Å². The second-order valence-corrected chi connectivity index (χ2v) is 3.93. The van der Waals surface area contributed by atoms with E-state index in [0.29, 0.717) is 5.56 Å². The van der Waals surface area contributed by atoms with Gasteiger partial charge in [-0.25, -0.2) is 4.39 Å². The van der Waals surface area contributed by atoms with Crippen molar-refractivity contribution in [1.29, 1.82) is 0 Å². The Bertz CT molecular complexity index is 407. The molecule has 0 saturated carbocycles. The minimum atomic E-state index is -0.394. The third-order valence-corrected chi connectivity index (χ3v) is 2.28. The van der Waals surface area contributed by atoms with Crippen molar-refractivity contribution in [2.24, 2.45) is 0 Å². The number of hydrogen-bond acceptors (Lipinski definition) is 2. The zero-order valence-electron chi connectivity index (χ0n) is 8.41. The molecule has 2 N–H and O–H groups in total. The number of hydrogen-bond donors (Lipinski definition) is 2. The summed E-state index contributed by atoms with van der Waals surface area (Å²) in [6.07, 6.45) is 2.60. The first kappa shape index (κ1) is 12.9. The molecule has 1 aromatic rings. The molecule has 0 unspecified atom stereocenters. The van der Waals surface area contributed by atoms with E-state index in [9.17, 15) is 9.18 Å². The highest BCUT2D eigenvalue weighted by Gasteiger charge is 2.00. The Morgan fingerprint density at radius 1 is 1.56 bits per heavy atom. The summed E-state index contributed by atoms with van der Waals surface area (Å²) < 4.78 is 14.0. The highest BCUT2D eigenvalue weighted by atomic mass is 79.9. The molecule has 86 valence electrons. The van der Waals surface area contributed by atoms with E-state index < -0.39 is 5.82 Å². The number of aliphatic hydroxyl groups excluding tert-OH is 1. The fourth-order valence-electron chi connectivity index (χ4n) is 1.05. The smallest absolute Gasteiger partial charge is 0.244 e. The van der Waals surface area contributed by atoms with Crippen LogP contribution in [0.15, 0.2) is 28.7 Å². The lowest BCUT2D eigenvalue weighted by atomic mass is 10.2. The third-order valence-electron chi connectivity index (χ3n) is 1.78. The first-order chi connectivity index (χ1) is 7.63. The number of amides is 1. The molecular weight excluding hydrogens is 277 g/mol. The van der Waals surface area contributed by atoms with Crippen LogP contribution in [-0.2, 0) is 4.79 Å². The van der Waals surface area contributed by atoms with Gasteiger partial charge in [-0.2, -0.15) is 0 Å². The van der Waals surface area contributed by atoms with E-state index >= 15 is 0 Å². The molecule has 1 rings (SSSR count). The summed E-state index contributed by atoms with van der Waals surface area (Å²) in [5, 5.41) is 10.9. The summed E-state index contributed by atoms with van der Waals surface area (Å²) in [5.41, 5.74) is 0.327. The maximum atomic E-state index is 13.2. The van der Waals surface area contributed by atoms with Crippen LogP contribution in [0.3, 0.4) is 0 Å². The molecule has 5 heteroatoms. The van der Waals surface area contributed by atoms with Crippen molar-refractivity contribution in [3.05, 3.63) is 40.1 Å². The molecule has 0 spiro atoms. The van der Waals surface area contributed by atoms with Crippen molar-refractivity contribution in [2.75, 3.05) is 13.2 Å². The molecule has 0 aromatic heterocycles. The zero-order chi connectivity index (χ0) is 12.0. The first-order valence-electron chi connectivity index (χ1n) is 4.65. The molecule has 3 nitrogen and oxygen atoms in total. The molecule has 0 atom stereocenters. The SMILES string of the molecule is O=C(/C=C/c1cc(Br)ccc1F)NCCO. The van der Waals surface area contributed by atoms with E-state index in [2.05, 4.69) is 21.2 Å². The average molecular weight is 288 g/mol. The van der Waals surface area contributed by atoms with Gasteiger partial charge in [-0.05, 0) is 24.3 Å². The summed E-state index contributed by atoms with van der Waals surface area (Å²) in [7, 11) is 0. The van der Waals surface area contributed by atoms with Crippen molar-refractivity contribution in [3.63, 3.8) is 0 Å². The molecule has 0 aliphatic heterocycles. The monoisotopic (exact) mass is 287 g/mol. The van der Waals surface area contributed by atoms with E-state index in [-0.39, 0.29) is 19.1 Å². The number of rotatable bonds is 4. The Hall–Kier alpha value is -1.20. The zero-order valence-corrected chi connectivity index (χ0v) is 10.00. The van der Waals surface area contributed by atoms with Crippen LogP contribution in [0.5, 0.6) is 0 Å². The molecule has 0 saturated heterocycles. The molecule has 0 fully saturated rings. The van der Waals surface area contributed by atoms with Crippen LogP contribution in [0.25, 0.3) is 6.08 Å². The van der Waals surface area contributed by atoms with Gasteiger partial charge in [-0.15, -0.1) is 0 Å². The van der Waals surface area contributed by atoms with Gasteiger partial charge in [0, 0.05) is 22.7 Å². The van der Waals surface area contributed by atoms with E-state index in [4.69, 9.17) is 5.11 Å². The van der Waals surface area contributed by atoms with E-state index in [1.54, 1.807) is 12.1 Å². The second kappa shape index (κ2) is 6.40. The van der Waals surface area contributed by atoms with E-state index in [1.807, 2.05) is 0 Å². The molecule has 1 aromatic carbocycles. The molecule has 0 bridgehead atoms. The van der Waals surface area contributed by atoms with Crippen molar-refractivity contribution in [2.45, 2.75) is 0 Å². The predicted octanol–water partition coefficient (Wildman–Crippen LogP) is 1.71. The Balaban J connectivity index is 2.68. The second-order valence-electron chi connectivity index (χ2n) is 3.01. The largest absolute Gasteiger partial charge is 0.395 e. The molecule has 0 aliphatic carbocycles. The lowest BCUT2D eigenvalue weighted by molar-refractivity contribution is -0.116. The van der Waals surface area contributed by atoms with Crippen molar-refractivity contribution >= 4 is 27.9 Å². The van der Waals surface area contributed by atoms with Gasteiger partial charge in [0.1, 0.15) is 5.82 Å². The number of carbonyl (C=O) groups excluding carboxylic acids is 1. The first-order valence-corrected chi connectivity index (χ1v) is 5.44. The molecule has 0 heterocycles. The summed E-state index contributed by atoms with van der Waals surface area (Å²) in [6.45, 7) is 0.0645. The van der Waals surface area contributed by atoms with E-state index in [1.165, 1.54) is 18.2 Å². The summed E-state index contributed by atoms with van der Waals surface area (Å²) in [4.78, 5) is 11.1. The van der Waals surface area contributed by atoms with Crippen molar-refractivity contribution < 1.29 is 14.3 Å². The summed E-state index contributed by atoms with van der Waals surface area (Å²) in [5.74, 6) is -0.761. The molecule has 16 heavy (non-hydrogen) atoms. The van der Waals surface area contributed by atoms with Gasteiger partial charge >= 0.3 is 0 Å². The lowest BCUT2D eigenvalue weighted by Crippen LogP contribution is -2.24. The topological polar surface area (TPSA) is 49.3 Å². The third kappa shape index (κ3) is 4.12. The predicted molar refractivity (Wildman–Crippen MR) is 63.2 cm³/mol. The average Bonchev–Trinajstić information content (AvgIpc) is 2.27. The van der Waals surface area contributed by atoms with Crippen molar-refractivity contribution in [3.8, 4) is 0 Å². The van der Waals surface area contributed by atoms with Gasteiger partial charge in [-0.1, -0.05) is 15.9 Å². The van der Waals surface area contributed by atoms with Crippen LogP contribution in [0.4, 0.5) is 4.39 Å². The molecule has 0 aliphatic rings. The normalized spacial score (nSPS) is 10.7. The van der Waals surface area contributed by atoms with Crippen LogP contribution in [0, 0.1) is 5.82 Å². The maximum absolute atomic E-state index is 13.2. The van der Waals surface area contributed by atoms with Crippen LogP contribution in [0.2, 0.25) is 0 Å². The summed E-state index contributed by atoms with van der Waals surface area (Å²) in [6, 6.07) is 4.47. The van der Waals surface area contributed by atoms with Gasteiger partial charge in [0.15, 0.2) is 0 Å². The van der Waals surface area contributed by atoms with Crippen LogP contribution in [0.1, 0.15) is 5.56 Å². The fourth-order valence-corrected chi connectivity index (χ4v) is 1.42. The Kier molecular flexibility index (Phi) is 5.14. The fraction of sp³-hybridized carbons (Fsp3) is 0.182. The number of benzene rings is 1. The Morgan fingerprint density at radius 3 is 3.00 bits per heavy atom. The number of aliphatic hydroxyl groups is 1. The number of carbonyl (C=O) groups is 1. The van der Waals surface area contributed by atoms with Gasteiger partial charge in [0.25, 0.3) is 0 Å². The number of nitrogens with one attached hydrogen (secondary N) is 1. The summed E-state index contributed by atoms with van der Waals surface area (Å²) >= 11 is 3.21. The lowest BCUT2D eigenvalue weighted by Gasteiger charge is -1.99. The molecule has 0 radical (unpaired) electrons. The van der Waals surface area contributed by atoms with Gasteiger partial charge in [0.05, 0.1) is 6.61 Å². The molecule has 1 amide bonds. The minimum absolute atomic E-state index is 0.120. The Morgan fingerprint density at radius 2 is 2.31 bits per heavy atom.